The number of halogens is 3. The van der Waals surface area contributed by atoms with Gasteiger partial charge in [-0.05, 0) is 62.3 Å². The molecule has 3 heterocycles. The lowest BCUT2D eigenvalue weighted by Gasteiger charge is -2.38. The molecule has 12 heteroatoms. The maximum atomic E-state index is 13.8. The molecule has 0 bridgehead atoms. The summed E-state index contributed by atoms with van der Waals surface area (Å²) in [5.41, 5.74) is 3.36. The molecule has 48 heavy (non-hydrogen) atoms. The Morgan fingerprint density at radius 1 is 1.04 bits per heavy atom. The van der Waals surface area contributed by atoms with Gasteiger partial charge in [0.15, 0.2) is 0 Å². The minimum Gasteiger partial charge on any atom is -0.463 e. The van der Waals surface area contributed by atoms with Crippen molar-refractivity contribution in [1.82, 2.24) is 14.7 Å². The molecule has 6 rings (SSSR count). The van der Waals surface area contributed by atoms with Gasteiger partial charge in [0.05, 0.1) is 37.3 Å². The van der Waals surface area contributed by atoms with E-state index in [4.69, 9.17) is 9.15 Å². The van der Waals surface area contributed by atoms with E-state index < -0.39 is 12.7 Å². The van der Waals surface area contributed by atoms with Gasteiger partial charge in [-0.25, -0.2) is 0 Å². The van der Waals surface area contributed by atoms with Gasteiger partial charge in [0.25, 0.3) is 5.91 Å². The number of piperazine rings is 1. The summed E-state index contributed by atoms with van der Waals surface area (Å²) < 4.78 is 50.7. The van der Waals surface area contributed by atoms with E-state index >= 15 is 0 Å². The molecule has 258 valence electrons. The summed E-state index contributed by atoms with van der Waals surface area (Å²) >= 11 is 0. The molecule has 2 saturated heterocycles. The van der Waals surface area contributed by atoms with Crippen LogP contribution >= 0.6 is 0 Å². The number of anilines is 1. The Kier molecular flexibility index (Phi) is 10.5. The van der Waals surface area contributed by atoms with E-state index in [9.17, 15) is 27.6 Å². The summed E-state index contributed by atoms with van der Waals surface area (Å²) in [6, 6.07) is 12.8. The lowest BCUT2D eigenvalue weighted by Crippen LogP contribution is -2.52. The normalized spacial score (nSPS) is 24.2. The number of nitrogens with one attached hydrogen (secondary N) is 1. The van der Waals surface area contributed by atoms with Crippen LogP contribution in [0.5, 0.6) is 0 Å². The van der Waals surface area contributed by atoms with E-state index in [-0.39, 0.29) is 42.3 Å². The van der Waals surface area contributed by atoms with Gasteiger partial charge in [-0.1, -0.05) is 30.3 Å². The largest absolute Gasteiger partial charge is 0.463 e. The molecule has 3 aromatic rings. The number of amides is 2. The molecule has 2 aliphatic heterocycles. The van der Waals surface area contributed by atoms with Gasteiger partial charge in [0, 0.05) is 55.8 Å². The lowest BCUT2D eigenvalue weighted by molar-refractivity contribution is -0.150. The van der Waals surface area contributed by atoms with Crippen LogP contribution in [0.1, 0.15) is 53.6 Å². The third-order valence-electron chi connectivity index (χ3n) is 10.1. The molecule has 1 aromatic heterocycles. The lowest BCUT2D eigenvalue weighted by atomic mass is 9.88. The highest BCUT2D eigenvalue weighted by Gasteiger charge is 2.40. The predicted molar refractivity (Wildman–Crippen MR) is 175 cm³/mol. The van der Waals surface area contributed by atoms with Crippen LogP contribution in [0.2, 0.25) is 0 Å². The van der Waals surface area contributed by atoms with Gasteiger partial charge >= 0.3 is 6.18 Å². The minimum absolute atomic E-state index is 0.0347. The van der Waals surface area contributed by atoms with Gasteiger partial charge < -0.3 is 24.2 Å². The molecule has 2 atom stereocenters. The van der Waals surface area contributed by atoms with Crippen LogP contribution < -0.4 is 5.32 Å². The molecule has 1 aliphatic carbocycles. The zero-order chi connectivity index (χ0) is 33.8. The number of furan rings is 1. The molecule has 1 saturated carbocycles. The van der Waals surface area contributed by atoms with Crippen LogP contribution in [0, 0.1) is 12.8 Å². The van der Waals surface area contributed by atoms with E-state index in [0.29, 0.717) is 62.6 Å². The first-order valence-corrected chi connectivity index (χ1v) is 16.8. The molecule has 1 N–H and O–H groups in total. The predicted octanol–water partition coefficient (Wildman–Crippen LogP) is 5.46. The number of likely N-dealkylation sites (tertiary alicyclic amines) is 1. The summed E-state index contributed by atoms with van der Waals surface area (Å²) in [5.74, 6) is -0.229. The maximum Gasteiger partial charge on any atom is 0.401 e. The van der Waals surface area contributed by atoms with Crippen LogP contribution in [0.15, 0.2) is 53.1 Å². The van der Waals surface area contributed by atoms with Gasteiger partial charge in [0.1, 0.15) is 18.1 Å². The molecule has 0 spiro atoms. The zero-order valence-corrected chi connectivity index (χ0v) is 27.2. The molecule has 2 amide bonds. The van der Waals surface area contributed by atoms with Gasteiger partial charge in [0.2, 0.25) is 5.91 Å². The minimum atomic E-state index is -4.22. The van der Waals surface area contributed by atoms with Gasteiger partial charge in [-0.15, -0.1) is 0 Å². The fourth-order valence-electron chi connectivity index (χ4n) is 7.39. The van der Waals surface area contributed by atoms with Crippen molar-refractivity contribution in [3.8, 4) is 0 Å². The topological polar surface area (TPSA) is 95.3 Å². The number of hydrogen-bond acceptors (Lipinski definition) is 7. The summed E-state index contributed by atoms with van der Waals surface area (Å²) in [6.45, 7) is 3.59. The number of aryl methyl sites for hydroxylation is 1. The highest BCUT2D eigenvalue weighted by atomic mass is 19.4. The first-order chi connectivity index (χ1) is 23.1. The summed E-state index contributed by atoms with van der Waals surface area (Å²) in [5, 5.41) is 3.69. The van der Waals surface area contributed by atoms with Crippen LogP contribution in [-0.4, -0.2) is 103 Å². The van der Waals surface area contributed by atoms with Crippen LogP contribution in [0.4, 0.5) is 18.9 Å². The summed E-state index contributed by atoms with van der Waals surface area (Å²) in [7, 11) is 0. The van der Waals surface area contributed by atoms with E-state index in [0.717, 1.165) is 48.5 Å². The van der Waals surface area contributed by atoms with E-state index in [1.165, 1.54) is 11.2 Å². The van der Waals surface area contributed by atoms with Crippen molar-refractivity contribution in [2.45, 2.75) is 69.8 Å². The standard InChI is InChI=1S/C36H43F3N4O5/c1-24-16-26(8-11-32(24)40-35(46)31-22-48-33-5-3-2-4-30(31)33)17-34(45)43-19-27(42-14-12-41(13-15-42)23-36(37,38)39)18-28(43)21-47-29-9-6-25(20-44)7-10-29/h2-5,8,11,16,20,22,25,27-29H,6-7,9-10,12-15,17-19,21,23H2,1H3,(H,40,46)/t25-,27-,28-,29-/m0/s1. The number of nitrogens with zero attached hydrogens (tertiary/aromatic N) is 3. The second kappa shape index (κ2) is 14.8. The Balaban J connectivity index is 1.09. The fourth-order valence-corrected chi connectivity index (χ4v) is 7.39. The number of aldehydes is 1. The average Bonchev–Trinajstić information content (AvgIpc) is 3.70. The number of carbonyl (C=O) groups is 3. The number of para-hydroxylation sites is 1. The van der Waals surface area contributed by atoms with Crippen LogP contribution in [0.3, 0.4) is 0 Å². The fraction of sp³-hybridized carbons (Fsp3) is 0.528. The smallest absolute Gasteiger partial charge is 0.401 e. The first kappa shape index (κ1) is 34.1. The quantitative estimate of drug-likeness (QED) is 0.287. The number of carbonyl (C=O) groups excluding carboxylic acids is 3. The highest BCUT2D eigenvalue weighted by Crippen LogP contribution is 2.30. The SMILES string of the molecule is Cc1cc(CC(=O)N2C[C@@H](N3CCN(CC(F)(F)F)CC3)C[C@H]2CO[C@H]2CC[C@H](C=O)CC2)ccc1NC(=O)c1coc2ccccc12. The monoisotopic (exact) mass is 668 g/mol. The molecular weight excluding hydrogens is 625 g/mol. The average molecular weight is 669 g/mol. The number of ether oxygens (including phenoxy) is 1. The first-order valence-electron chi connectivity index (χ1n) is 16.8. The Hall–Kier alpha value is -3.74. The van der Waals surface area contributed by atoms with E-state index in [1.807, 2.05) is 48.2 Å². The third kappa shape index (κ3) is 8.27. The molecule has 0 radical (unpaired) electrons. The van der Waals surface area contributed by atoms with Gasteiger partial charge in [-0.3, -0.25) is 19.4 Å². The maximum absolute atomic E-state index is 13.8. The number of benzene rings is 2. The van der Waals surface area contributed by atoms with Gasteiger partial charge in [-0.2, -0.15) is 13.2 Å². The molecule has 3 fully saturated rings. The second-order valence-electron chi connectivity index (χ2n) is 13.4. The Bertz CT molecular complexity index is 1590. The second-order valence-corrected chi connectivity index (χ2v) is 13.4. The van der Waals surface area contributed by atoms with Crippen molar-refractivity contribution in [2.75, 3.05) is 51.2 Å². The van der Waals surface area contributed by atoms with E-state index in [1.54, 1.807) is 6.07 Å². The van der Waals surface area contributed by atoms with Crippen molar-refractivity contribution in [1.29, 1.82) is 0 Å². The van der Waals surface area contributed by atoms with Crippen molar-refractivity contribution in [3.63, 3.8) is 0 Å². The number of hydrogen-bond donors (Lipinski definition) is 1. The molecule has 9 nitrogen and oxygen atoms in total. The van der Waals surface area contributed by atoms with Crippen molar-refractivity contribution in [3.05, 3.63) is 65.4 Å². The Labute approximate surface area is 278 Å². The number of rotatable bonds is 10. The van der Waals surface area contributed by atoms with Crippen LogP contribution in [-0.2, 0) is 20.7 Å². The molecule has 2 aromatic carbocycles. The summed E-state index contributed by atoms with van der Waals surface area (Å²) in [6.07, 6.45) is 2.41. The Morgan fingerprint density at radius 2 is 1.79 bits per heavy atom. The Morgan fingerprint density at radius 3 is 2.50 bits per heavy atom. The number of fused-ring (bicyclic) bond motifs is 1. The van der Waals surface area contributed by atoms with Crippen molar-refractivity contribution < 1.29 is 36.7 Å². The highest BCUT2D eigenvalue weighted by molar-refractivity contribution is 6.12. The zero-order valence-electron chi connectivity index (χ0n) is 27.2. The molecule has 3 aliphatic rings. The van der Waals surface area contributed by atoms with Crippen molar-refractivity contribution in [2.24, 2.45) is 5.92 Å². The number of alkyl halides is 3. The summed E-state index contributed by atoms with van der Waals surface area (Å²) in [4.78, 5) is 43.6. The third-order valence-corrected chi connectivity index (χ3v) is 10.1. The van der Waals surface area contributed by atoms with Crippen molar-refractivity contribution >= 4 is 34.8 Å². The van der Waals surface area contributed by atoms with E-state index in [2.05, 4.69) is 10.2 Å². The molecular formula is C36H43F3N4O5. The molecule has 0 unspecified atom stereocenters. The van der Waals surface area contributed by atoms with Crippen LogP contribution in [0.25, 0.3) is 11.0 Å².